The van der Waals surface area contributed by atoms with Gasteiger partial charge in [-0.25, -0.2) is 29.9 Å². The SMILES string of the molecule is Cc1nc(C)nc(-c2ccc3c4ccccc4n(-c4ccc(-c5cccc6c5c5ccccc5n6-c5ccccc5)cc4-c4nc(-c5ccccc5)nc(-c5ccccc5)n4)c3c2)n1. The summed E-state index contributed by atoms with van der Waals surface area (Å²) in [7, 11) is 0. The maximum absolute atomic E-state index is 5.34. The minimum atomic E-state index is 0.564. The molecule has 0 amide bonds. The van der Waals surface area contributed by atoms with Crippen molar-refractivity contribution in [1.29, 1.82) is 0 Å². The van der Waals surface area contributed by atoms with Crippen molar-refractivity contribution in [2.45, 2.75) is 13.8 Å². The van der Waals surface area contributed by atoms with Gasteiger partial charge in [0.1, 0.15) is 11.6 Å². The second-order valence-electron chi connectivity index (χ2n) is 16.0. The molecule has 8 nitrogen and oxygen atoms in total. The third kappa shape index (κ3) is 6.23. The molecule has 0 spiro atoms. The van der Waals surface area contributed by atoms with Crippen LogP contribution in [0.3, 0.4) is 0 Å². The lowest BCUT2D eigenvalue weighted by molar-refractivity contribution is 0.928. The molecule has 0 aliphatic heterocycles. The molecule has 4 heterocycles. The van der Waals surface area contributed by atoms with Crippen LogP contribution in [0, 0.1) is 13.8 Å². The minimum Gasteiger partial charge on any atom is -0.309 e. The maximum atomic E-state index is 5.34. The molecule has 12 aromatic rings. The highest BCUT2D eigenvalue weighted by Gasteiger charge is 2.23. The van der Waals surface area contributed by atoms with Gasteiger partial charge in [0.05, 0.1) is 27.8 Å². The zero-order chi connectivity index (χ0) is 42.7. The molecule has 8 heteroatoms. The molecular formula is C56H38N8. The first-order chi connectivity index (χ1) is 31.6. The van der Waals surface area contributed by atoms with Gasteiger partial charge in [0.2, 0.25) is 0 Å². The summed E-state index contributed by atoms with van der Waals surface area (Å²) in [5.74, 6) is 3.76. The van der Waals surface area contributed by atoms with E-state index in [1.807, 2.05) is 74.5 Å². The molecule has 302 valence electrons. The molecular weight excluding hydrogens is 785 g/mol. The van der Waals surface area contributed by atoms with Gasteiger partial charge in [0.15, 0.2) is 23.3 Å². The number of benzene rings is 8. The lowest BCUT2D eigenvalue weighted by Gasteiger charge is -2.17. The Morgan fingerprint density at radius 3 is 1.53 bits per heavy atom. The predicted molar refractivity (Wildman–Crippen MR) is 259 cm³/mol. The molecule has 0 fully saturated rings. The first-order valence-corrected chi connectivity index (χ1v) is 21.4. The highest BCUT2D eigenvalue weighted by Crippen LogP contribution is 2.43. The summed E-state index contributed by atoms with van der Waals surface area (Å²) in [5.41, 5.74) is 12.1. The Labute approximate surface area is 368 Å². The monoisotopic (exact) mass is 822 g/mol. The van der Waals surface area contributed by atoms with Gasteiger partial charge >= 0.3 is 0 Å². The average molecular weight is 823 g/mol. The van der Waals surface area contributed by atoms with Crippen LogP contribution in [-0.4, -0.2) is 39.0 Å². The first-order valence-electron chi connectivity index (χ1n) is 21.4. The molecule has 0 radical (unpaired) electrons. The summed E-state index contributed by atoms with van der Waals surface area (Å²) in [6.07, 6.45) is 0. The van der Waals surface area contributed by atoms with E-state index in [1.54, 1.807) is 0 Å². The topological polar surface area (TPSA) is 87.2 Å². The van der Waals surface area contributed by atoms with Gasteiger partial charge in [-0.2, -0.15) is 0 Å². The summed E-state index contributed by atoms with van der Waals surface area (Å²) >= 11 is 0. The molecule has 0 unspecified atom stereocenters. The first kappa shape index (κ1) is 37.2. The zero-order valence-corrected chi connectivity index (χ0v) is 35.1. The van der Waals surface area contributed by atoms with Crippen molar-refractivity contribution in [1.82, 2.24) is 39.0 Å². The Bertz CT molecular complexity index is 3670. The number of aromatic nitrogens is 8. The number of rotatable bonds is 7. The van der Waals surface area contributed by atoms with E-state index in [0.717, 1.165) is 77.6 Å². The number of aryl methyl sites for hydroxylation is 2. The van der Waals surface area contributed by atoms with Crippen molar-refractivity contribution < 1.29 is 0 Å². The fraction of sp³-hybridized carbons (Fsp3) is 0.0357. The smallest absolute Gasteiger partial charge is 0.166 e. The summed E-state index contributed by atoms with van der Waals surface area (Å²) in [6, 6.07) is 67.9. The molecule has 0 aliphatic carbocycles. The second kappa shape index (κ2) is 15.1. The molecule has 0 saturated carbocycles. The van der Waals surface area contributed by atoms with E-state index < -0.39 is 0 Å². The van der Waals surface area contributed by atoms with E-state index in [2.05, 4.69) is 148 Å². The van der Waals surface area contributed by atoms with Crippen LogP contribution in [0.15, 0.2) is 194 Å². The van der Waals surface area contributed by atoms with Gasteiger partial charge in [-0.3, -0.25) is 0 Å². The van der Waals surface area contributed by atoms with Crippen LogP contribution in [0.5, 0.6) is 0 Å². The quantitative estimate of drug-likeness (QED) is 0.159. The largest absolute Gasteiger partial charge is 0.309 e. The van der Waals surface area contributed by atoms with Crippen molar-refractivity contribution in [3.8, 4) is 68.1 Å². The molecule has 0 N–H and O–H groups in total. The van der Waals surface area contributed by atoms with Crippen LogP contribution < -0.4 is 0 Å². The number of para-hydroxylation sites is 3. The van der Waals surface area contributed by atoms with Gasteiger partial charge < -0.3 is 9.13 Å². The number of hydrogen-bond acceptors (Lipinski definition) is 6. The summed E-state index contributed by atoms with van der Waals surface area (Å²) in [6.45, 7) is 3.81. The van der Waals surface area contributed by atoms with Crippen molar-refractivity contribution >= 4 is 43.6 Å². The van der Waals surface area contributed by atoms with E-state index >= 15 is 0 Å². The van der Waals surface area contributed by atoms with Crippen LogP contribution >= 0.6 is 0 Å². The molecule has 8 aromatic carbocycles. The summed E-state index contributed by atoms with van der Waals surface area (Å²) in [4.78, 5) is 29.8. The Morgan fingerprint density at radius 2 is 0.844 bits per heavy atom. The van der Waals surface area contributed by atoms with Crippen LogP contribution in [0.25, 0.3) is 112 Å². The third-order valence-electron chi connectivity index (χ3n) is 12.0. The number of hydrogen-bond donors (Lipinski definition) is 0. The van der Waals surface area contributed by atoms with E-state index in [0.29, 0.717) is 34.9 Å². The zero-order valence-electron chi connectivity index (χ0n) is 35.1. The Kier molecular flexibility index (Phi) is 8.76. The van der Waals surface area contributed by atoms with Crippen LogP contribution in [0.2, 0.25) is 0 Å². The Hall–Kier alpha value is -8.62. The summed E-state index contributed by atoms with van der Waals surface area (Å²) in [5, 5.41) is 4.60. The van der Waals surface area contributed by atoms with Gasteiger partial charge in [0.25, 0.3) is 0 Å². The molecule has 0 bridgehead atoms. The molecule has 0 atom stereocenters. The second-order valence-corrected chi connectivity index (χ2v) is 16.0. The molecule has 12 rings (SSSR count). The standard InChI is InChI=1S/C56H38N8/c1-35-57-36(2)59-55(58-35)40-29-31-44-43-23-12-14-26-47(43)64(51(44)34-40)49-32-30-39(42-25-16-28-50-52(42)45-24-13-15-27-48(45)63(50)41-21-10-5-11-22-41)33-46(49)56-61-53(37-17-6-3-7-18-37)60-54(62-56)38-19-8-4-9-20-38/h3-34H,1-2H3. The Morgan fingerprint density at radius 1 is 0.312 bits per heavy atom. The fourth-order valence-electron chi connectivity index (χ4n) is 9.24. The van der Waals surface area contributed by atoms with Crippen LogP contribution in [0.1, 0.15) is 11.6 Å². The number of fused-ring (bicyclic) bond motifs is 6. The highest BCUT2D eigenvalue weighted by molar-refractivity contribution is 6.16. The molecule has 64 heavy (non-hydrogen) atoms. The Balaban J connectivity index is 1.17. The predicted octanol–water partition coefficient (Wildman–Crippen LogP) is 13.2. The highest BCUT2D eigenvalue weighted by atomic mass is 15.1. The normalized spacial score (nSPS) is 11.6. The average Bonchev–Trinajstić information content (AvgIpc) is 3.87. The van der Waals surface area contributed by atoms with Gasteiger partial charge in [0, 0.05) is 49.5 Å². The summed E-state index contributed by atoms with van der Waals surface area (Å²) < 4.78 is 4.70. The van der Waals surface area contributed by atoms with E-state index in [9.17, 15) is 0 Å². The van der Waals surface area contributed by atoms with Crippen LogP contribution in [-0.2, 0) is 0 Å². The van der Waals surface area contributed by atoms with Gasteiger partial charge in [-0.1, -0.05) is 146 Å². The van der Waals surface area contributed by atoms with Crippen molar-refractivity contribution in [3.05, 3.63) is 206 Å². The van der Waals surface area contributed by atoms with Gasteiger partial charge in [-0.05, 0) is 73.5 Å². The number of nitrogens with zero attached hydrogens (tertiary/aromatic N) is 8. The molecule has 0 saturated heterocycles. The minimum absolute atomic E-state index is 0.564. The van der Waals surface area contributed by atoms with Crippen molar-refractivity contribution in [3.63, 3.8) is 0 Å². The van der Waals surface area contributed by atoms with Crippen molar-refractivity contribution in [2.24, 2.45) is 0 Å². The van der Waals surface area contributed by atoms with Crippen LogP contribution in [0.4, 0.5) is 0 Å². The molecule has 4 aromatic heterocycles. The fourth-order valence-corrected chi connectivity index (χ4v) is 9.24. The van der Waals surface area contributed by atoms with Crippen molar-refractivity contribution in [2.75, 3.05) is 0 Å². The van der Waals surface area contributed by atoms with E-state index in [4.69, 9.17) is 24.9 Å². The maximum Gasteiger partial charge on any atom is 0.166 e. The lowest BCUT2D eigenvalue weighted by atomic mass is 9.96. The van der Waals surface area contributed by atoms with Gasteiger partial charge in [-0.15, -0.1) is 0 Å². The third-order valence-corrected chi connectivity index (χ3v) is 12.0. The van der Waals surface area contributed by atoms with E-state index in [-0.39, 0.29) is 0 Å². The molecule has 0 aliphatic rings. The van der Waals surface area contributed by atoms with E-state index in [1.165, 1.54) is 10.8 Å². The lowest BCUT2D eigenvalue weighted by Crippen LogP contribution is -2.04.